The lowest BCUT2D eigenvalue weighted by Crippen LogP contribution is -2.28. The van der Waals surface area contributed by atoms with Gasteiger partial charge in [-0.1, -0.05) is 12.1 Å². The van der Waals surface area contributed by atoms with Gasteiger partial charge in [0.2, 0.25) is 11.8 Å². The summed E-state index contributed by atoms with van der Waals surface area (Å²) in [4.78, 5) is 35.3. The Morgan fingerprint density at radius 3 is 2.93 bits per heavy atom. The summed E-state index contributed by atoms with van der Waals surface area (Å²) in [5, 5.41) is 5.21. The third-order valence-corrected chi connectivity index (χ3v) is 5.32. The summed E-state index contributed by atoms with van der Waals surface area (Å²) in [6.07, 6.45) is 3.58. The van der Waals surface area contributed by atoms with Gasteiger partial charge in [0.15, 0.2) is 5.13 Å². The molecule has 0 spiro atoms. The van der Waals surface area contributed by atoms with Gasteiger partial charge in [0.1, 0.15) is 5.75 Å². The number of carbonyl (C=O) groups is 2. The van der Waals surface area contributed by atoms with Gasteiger partial charge in [0, 0.05) is 36.3 Å². The smallest absolute Gasteiger partial charge is 0.231 e. The first kappa shape index (κ1) is 18.1. The van der Waals surface area contributed by atoms with Crippen LogP contribution in [0, 0.1) is 5.92 Å². The van der Waals surface area contributed by atoms with Crippen LogP contribution in [0.2, 0.25) is 0 Å². The van der Waals surface area contributed by atoms with Crippen LogP contribution in [0.3, 0.4) is 0 Å². The van der Waals surface area contributed by atoms with Crippen LogP contribution in [0.1, 0.15) is 6.42 Å². The second kappa shape index (κ2) is 7.77. The average molecular weight is 394 g/mol. The quantitative estimate of drug-likeness (QED) is 0.718. The van der Waals surface area contributed by atoms with Crippen LogP contribution in [0.15, 0.2) is 54.2 Å². The number of hydrogen-bond donors (Lipinski definition) is 1. The van der Waals surface area contributed by atoms with Crippen molar-refractivity contribution in [3.8, 4) is 17.0 Å². The Kier molecular flexibility index (Phi) is 5.03. The number of nitrogens with one attached hydrogen (secondary N) is 1. The average Bonchev–Trinajstić information content (AvgIpc) is 3.35. The Bertz CT molecular complexity index is 1010. The molecule has 28 heavy (non-hydrogen) atoms. The highest BCUT2D eigenvalue weighted by Gasteiger charge is 2.36. The number of methoxy groups -OCH3 is 1. The highest BCUT2D eigenvalue weighted by atomic mass is 32.1. The van der Waals surface area contributed by atoms with E-state index in [1.54, 1.807) is 30.5 Å². The van der Waals surface area contributed by atoms with Gasteiger partial charge in [-0.3, -0.25) is 14.6 Å². The number of nitrogens with zero attached hydrogens (tertiary/aromatic N) is 3. The van der Waals surface area contributed by atoms with E-state index in [1.165, 1.54) is 11.3 Å². The van der Waals surface area contributed by atoms with Crippen LogP contribution in [0.5, 0.6) is 5.75 Å². The van der Waals surface area contributed by atoms with Crippen LogP contribution in [0.4, 0.5) is 10.8 Å². The number of thiazole rings is 1. The minimum atomic E-state index is -0.442. The van der Waals surface area contributed by atoms with Gasteiger partial charge in [0.25, 0.3) is 0 Å². The zero-order chi connectivity index (χ0) is 19.5. The molecular weight excluding hydrogens is 376 g/mol. The zero-order valence-electron chi connectivity index (χ0n) is 15.2. The van der Waals surface area contributed by atoms with Gasteiger partial charge < -0.3 is 15.0 Å². The molecule has 1 fully saturated rings. The van der Waals surface area contributed by atoms with Gasteiger partial charge in [0.05, 0.1) is 24.4 Å². The summed E-state index contributed by atoms with van der Waals surface area (Å²) >= 11 is 1.35. The first-order valence-corrected chi connectivity index (χ1v) is 9.64. The lowest BCUT2D eigenvalue weighted by Gasteiger charge is -2.19. The summed E-state index contributed by atoms with van der Waals surface area (Å²) < 4.78 is 5.33. The molecular formula is C20H18N4O3S. The van der Waals surface area contributed by atoms with Crippen LogP contribution in [-0.4, -0.2) is 35.4 Å². The molecule has 3 aromatic rings. The number of pyridine rings is 1. The number of ether oxygens (including phenoxy) is 1. The van der Waals surface area contributed by atoms with E-state index in [2.05, 4.69) is 15.3 Å². The molecule has 1 atom stereocenters. The largest absolute Gasteiger partial charge is 0.495 e. The Labute approximate surface area is 166 Å². The van der Waals surface area contributed by atoms with Crippen molar-refractivity contribution >= 4 is 34.0 Å². The van der Waals surface area contributed by atoms with Crippen molar-refractivity contribution in [2.24, 2.45) is 5.92 Å². The lowest BCUT2D eigenvalue weighted by molar-refractivity contribution is -0.122. The van der Waals surface area contributed by atoms with Gasteiger partial charge in [-0.15, -0.1) is 11.3 Å². The van der Waals surface area contributed by atoms with E-state index in [0.29, 0.717) is 23.1 Å². The third kappa shape index (κ3) is 3.59. The van der Waals surface area contributed by atoms with Crippen molar-refractivity contribution in [3.63, 3.8) is 0 Å². The number of carbonyl (C=O) groups excluding carboxylic acids is 2. The van der Waals surface area contributed by atoms with Crippen LogP contribution in [0.25, 0.3) is 11.3 Å². The normalized spacial score (nSPS) is 16.2. The SMILES string of the molecule is COc1ccccc1N1C[C@H](C(=O)Nc2nc(-c3cccnc3)cs2)CC1=O. The lowest BCUT2D eigenvalue weighted by atomic mass is 10.1. The molecule has 142 valence electrons. The van der Waals surface area contributed by atoms with E-state index in [1.807, 2.05) is 35.7 Å². The number of aromatic nitrogens is 2. The Hall–Kier alpha value is -3.26. The van der Waals surface area contributed by atoms with Gasteiger partial charge in [-0.25, -0.2) is 4.98 Å². The second-order valence-corrected chi connectivity index (χ2v) is 7.20. The maximum Gasteiger partial charge on any atom is 0.231 e. The minimum absolute atomic E-state index is 0.0974. The zero-order valence-corrected chi connectivity index (χ0v) is 16.0. The second-order valence-electron chi connectivity index (χ2n) is 6.35. The maximum absolute atomic E-state index is 12.7. The Balaban J connectivity index is 1.45. The molecule has 2 amide bonds. The predicted molar refractivity (Wildman–Crippen MR) is 107 cm³/mol. The van der Waals surface area contributed by atoms with Gasteiger partial charge in [-0.2, -0.15) is 0 Å². The fourth-order valence-corrected chi connectivity index (χ4v) is 3.88. The first-order valence-electron chi connectivity index (χ1n) is 8.76. The molecule has 0 bridgehead atoms. The van der Waals surface area contributed by atoms with Crippen molar-refractivity contribution in [3.05, 3.63) is 54.2 Å². The standard InChI is InChI=1S/C20H18N4O3S/c1-27-17-7-3-2-6-16(17)24-11-14(9-18(24)25)19(26)23-20-22-15(12-28-20)13-5-4-8-21-10-13/h2-8,10,12,14H,9,11H2,1H3,(H,22,23,26)/t14-/m1/s1. The third-order valence-electron chi connectivity index (χ3n) is 4.56. The topological polar surface area (TPSA) is 84.4 Å². The Morgan fingerprint density at radius 2 is 2.14 bits per heavy atom. The molecule has 0 unspecified atom stereocenters. The van der Waals surface area contributed by atoms with Crippen LogP contribution < -0.4 is 15.0 Å². The van der Waals surface area contributed by atoms with E-state index in [4.69, 9.17) is 4.74 Å². The molecule has 0 saturated carbocycles. The number of hydrogen-bond acceptors (Lipinski definition) is 6. The molecule has 1 saturated heterocycles. The van der Waals surface area contributed by atoms with E-state index in [0.717, 1.165) is 11.3 Å². The maximum atomic E-state index is 12.7. The molecule has 7 nitrogen and oxygen atoms in total. The summed E-state index contributed by atoms with van der Waals surface area (Å²) in [7, 11) is 1.56. The highest BCUT2D eigenvalue weighted by molar-refractivity contribution is 7.14. The van der Waals surface area contributed by atoms with Crippen molar-refractivity contribution in [2.45, 2.75) is 6.42 Å². The van der Waals surface area contributed by atoms with Crippen molar-refractivity contribution in [1.29, 1.82) is 0 Å². The number of para-hydroxylation sites is 2. The van der Waals surface area contributed by atoms with Gasteiger partial charge in [-0.05, 0) is 24.3 Å². The summed E-state index contributed by atoms with van der Waals surface area (Å²) in [6.45, 7) is 0.311. The fourth-order valence-electron chi connectivity index (χ4n) is 3.15. The summed E-state index contributed by atoms with van der Waals surface area (Å²) in [5.41, 5.74) is 2.32. The Morgan fingerprint density at radius 1 is 1.29 bits per heavy atom. The molecule has 3 heterocycles. The van der Waals surface area contributed by atoms with E-state index >= 15 is 0 Å². The number of benzene rings is 1. The number of rotatable bonds is 5. The molecule has 8 heteroatoms. The molecule has 4 rings (SSSR count). The number of anilines is 2. The number of amides is 2. The summed E-state index contributed by atoms with van der Waals surface area (Å²) in [6, 6.07) is 11.0. The molecule has 0 aliphatic carbocycles. The summed E-state index contributed by atoms with van der Waals surface area (Å²) in [5.74, 6) is -0.140. The van der Waals surface area contributed by atoms with Crippen molar-refractivity contribution in [2.75, 3.05) is 23.9 Å². The van der Waals surface area contributed by atoms with Crippen LogP contribution >= 0.6 is 11.3 Å². The van der Waals surface area contributed by atoms with Crippen LogP contribution in [-0.2, 0) is 9.59 Å². The monoisotopic (exact) mass is 394 g/mol. The van der Waals surface area contributed by atoms with Crippen molar-refractivity contribution in [1.82, 2.24) is 9.97 Å². The fraction of sp³-hybridized carbons (Fsp3) is 0.200. The first-order chi connectivity index (χ1) is 13.7. The molecule has 1 aromatic carbocycles. The molecule has 1 aliphatic rings. The van der Waals surface area contributed by atoms with E-state index in [9.17, 15) is 9.59 Å². The molecule has 0 radical (unpaired) electrons. The molecule has 2 aromatic heterocycles. The predicted octanol–water partition coefficient (Wildman–Crippen LogP) is 3.21. The molecule has 1 N–H and O–H groups in total. The minimum Gasteiger partial charge on any atom is -0.495 e. The van der Waals surface area contributed by atoms with Gasteiger partial charge >= 0.3 is 0 Å². The highest BCUT2D eigenvalue weighted by Crippen LogP contribution is 2.33. The van der Waals surface area contributed by atoms with E-state index < -0.39 is 5.92 Å². The van der Waals surface area contributed by atoms with E-state index in [-0.39, 0.29) is 18.2 Å². The van der Waals surface area contributed by atoms with Crippen molar-refractivity contribution < 1.29 is 14.3 Å². The molecule has 1 aliphatic heterocycles.